The molecule has 2 N–H and O–H groups in total. The molecule has 3 nitrogen and oxygen atoms in total. The zero-order chi connectivity index (χ0) is 8.41. The first-order chi connectivity index (χ1) is 4.27. The molecule has 0 heterocycles. The Kier molecular flexibility index (Phi) is 2.99. The lowest BCUT2D eigenvalue weighted by Gasteiger charge is -2.24. The summed E-state index contributed by atoms with van der Waals surface area (Å²) in [5.74, 6) is 0. The summed E-state index contributed by atoms with van der Waals surface area (Å²) in [6, 6.07) is 0. The van der Waals surface area contributed by atoms with Crippen LogP contribution < -0.4 is 0 Å². The fourth-order valence-electron chi connectivity index (χ4n) is 0.547. The van der Waals surface area contributed by atoms with Crippen LogP contribution in [0, 0.1) is 0 Å². The van der Waals surface area contributed by atoms with Crippen LogP contribution in [0.25, 0.3) is 0 Å². The van der Waals surface area contributed by atoms with Gasteiger partial charge in [-0.1, -0.05) is 5.70 Å². The molecule has 5 heteroatoms. The summed E-state index contributed by atoms with van der Waals surface area (Å²) in [5.41, 5.74) is 1.39. The van der Waals surface area contributed by atoms with Gasteiger partial charge in [-0.3, -0.25) is 0 Å². The van der Waals surface area contributed by atoms with Gasteiger partial charge in [-0.05, 0) is 19.6 Å². The van der Waals surface area contributed by atoms with Gasteiger partial charge in [-0.15, -0.1) is 6.58 Å². The second kappa shape index (κ2) is 2.97. The van der Waals surface area contributed by atoms with E-state index in [0.29, 0.717) is 0 Å². The van der Waals surface area contributed by atoms with Gasteiger partial charge < -0.3 is 13.7 Å². The molecule has 0 spiro atoms. The molecular formula is C5H14O3Si2. The van der Waals surface area contributed by atoms with Crippen LogP contribution >= 0.6 is 0 Å². The van der Waals surface area contributed by atoms with E-state index >= 15 is 0 Å². The van der Waals surface area contributed by atoms with Gasteiger partial charge in [-0.25, -0.2) is 0 Å². The van der Waals surface area contributed by atoms with Gasteiger partial charge in [0.15, 0.2) is 0 Å². The fraction of sp³-hybridized carbons (Fsp3) is 0.600. The Morgan fingerprint density at radius 3 is 1.80 bits per heavy atom. The first-order valence-corrected chi connectivity index (χ1v) is 8.34. The minimum Gasteiger partial charge on any atom is -0.412 e. The van der Waals surface area contributed by atoms with E-state index in [2.05, 4.69) is 6.58 Å². The average molecular weight is 178 g/mol. The first-order valence-electron chi connectivity index (χ1n) is 3.05. The van der Waals surface area contributed by atoms with Gasteiger partial charge in [-0.2, -0.15) is 0 Å². The minimum absolute atomic E-state index is 1.39. The molecule has 0 saturated carbocycles. The van der Waals surface area contributed by atoms with E-state index < -0.39 is 17.1 Å². The molecule has 0 radical (unpaired) electrons. The first kappa shape index (κ1) is 10.1. The van der Waals surface area contributed by atoms with Crippen LogP contribution in [0.4, 0.5) is 0 Å². The standard InChI is InChI=1S/C5H14O3Si2/c1-5-10(4,7)8-9(2,3)6/h5-7H,1H2,2-4H3. The van der Waals surface area contributed by atoms with E-state index in [-0.39, 0.29) is 0 Å². The SMILES string of the molecule is C=C[Si](C)(O)O[Si](C)(C)O. The van der Waals surface area contributed by atoms with Crippen molar-refractivity contribution in [3.8, 4) is 0 Å². The Labute approximate surface area is 63.5 Å². The van der Waals surface area contributed by atoms with Gasteiger partial charge >= 0.3 is 17.1 Å². The average Bonchev–Trinajstić information content (AvgIpc) is 1.60. The molecular weight excluding hydrogens is 164 g/mol. The topological polar surface area (TPSA) is 49.7 Å². The Morgan fingerprint density at radius 1 is 1.30 bits per heavy atom. The summed E-state index contributed by atoms with van der Waals surface area (Å²) in [6.07, 6.45) is 0. The molecule has 0 aliphatic heterocycles. The van der Waals surface area contributed by atoms with Crippen LogP contribution in [0.15, 0.2) is 12.3 Å². The van der Waals surface area contributed by atoms with E-state index in [1.54, 1.807) is 19.6 Å². The normalized spacial score (nSPS) is 18.1. The van der Waals surface area contributed by atoms with Crippen LogP contribution in [-0.4, -0.2) is 26.7 Å². The smallest absolute Gasteiger partial charge is 0.349 e. The monoisotopic (exact) mass is 178 g/mol. The molecule has 0 saturated heterocycles. The maximum absolute atomic E-state index is 9.33. The van der Waals surface area contributed by atoms with Gasteiger partial charge in [0.05, 0.1) is 0 Å². The van der Waals surface area contributed by atoms with Crippen LogP contribution in [0.5, 0.6) is 0 Å². The van der Waals surface area contributed by atoms with Gasteiger partial charge in [0, 0.05) is 0 Å². The maximum Gasteiger partial charge on any atom is 0.349 e. The van der Waals surface area contributed by atoms with Gasteiger partial charge in [0.25, 0.3) is 0 Å². The van der Waals surface area contributed by atoms with Crippen LogP contribution in [-0.2, 0) is 4.12 Å². The van der Waals surface area contributed by atoms with Crippen LogP contribution in [0.2, 0.25) is 19.6 Å². The summed E-state index contributed by atoms with van der Waals surface area (Å²) < 4.78 is 5.05. The lowest BCUT2D eigenvalue weighted by molar-refractivity contribution is 0.327. The highest BCUT2D eigenvalue weighted by Gasteiger charge is 2.32. The van der Waals surface area contributed by atoms with Crippen molar-refractivity contribution < 1.29 is 13.7 Å². The second-order valence-corrected chi connectivity index (χ2v) is 9.04. The van der Waals surface area contributed by atoms with Crippen LogP contribution in [0.3, 0.4) is 0 Å². The summed E-state index contributed by atoms with van der Waals surface area (Å²) >= 11 is 0. The molecule has 0 aliphatic carbocycles. The molecule has 0 aromatic heterocycles. The summed E-state index contributed by atoms with van der Waals surface area (Å²) in [7, 11) is -5.31. The van der Waals surface area contributed by atoms with Crippen molar-refractivity contribution in [2.24, 2.45) is 0 Å². The summed E-state index contributed by atoms with van der Waals surface area (Å²) in [4.78, 5) is 18.6. The third kappa shape index (κ3) is 4.89. The Bertz CT molecular complexity index is 127. The molecule has 1 atom stereocenters. The molecule has 0 rings (SSSR count). The molecule has 10 heavy (non-hydrogen) atoms. The molecule has 0 aliphatic rings. The van der Waals surface area contributed by atoms with Crippen molar-refractivity contribution in [2.75, 3.05) is 0 Å². The Balaban J connectivity index is 4.01. The predicted molar refractivity (Wildman–Crippen MR) is 44.8 cm³/mol. The van der Waals surface area contributed by atoms with Gasteiger partial charge in [0.1, 0.15) is 0 Å². The minimum atomic E-state index is -2.74. The van der Waals surface area contributed by atoms with Crippen LogP contribution in [0.1, 0.15) is 0 Å². The third-order valence-electron chi connectivity index (χ3n) is 0.835. The second-order valence-electron chi connectivity index (χ2n) is 2.81. The Hall–Kier alpha value is 0.0538. The van der Waals surface area contributed by atoms with Gasteiger partial charge in [0.2, 0.25) is 0 Å². The molecule has 1 unspecified atom stereocenters. The Morgan fingerprint density at radius 2 is 1.70 bits per heavy atom. The molecule has 0 aromatic carbocycles. The third-order valence-corrected chi connectivity index (χ3v) is 5.24. The molecule has 0 aromatic rings. The highest BCUT2D eigenvalue weighted by atomic mass is 28.5. The lowest BCUT2D eigenvalue weighted by atomic mass is 11.3. The van der Waals surface area contributed by atoms with Crippen molar-refractivity contribution in [3.05, 3.63) is 12.3 Å². The van der Waals surface area contributed by atoms with E-state index in [9.17, 15) is 9.59 Å². The molecule has 0 amide bonds. The summed E-state index contributed by atoms with van der Waals surface area (Å²) in [5, 5.41) is 0. The zero-order valence-corrected chi connectivity index (χ0v) is 8.59. The fourth-order valence-corrected chi connectivity index (χ4v) is 4.93. The highest BCUT2D eigenvalue weighted by Crippen LogP contribution is 2.08. The zero-order valence-electron chi connectivity index (χ0n) is 6.59. The molecule has 0 bridgehead atoms. The highest BCUT2D eigenvalue weighted by molar-refractivity contribution is 6.80. The van der Waals surface area contributed by atoms with E-state index in [0.717, 1.165) is 0 Å². The maximum atomic E-state index is 9.33. The van der Waals surface area contributed by atoms with Crippen molar-refractivity contribution >= 4 is 17.1 Å². The van der Waals surface area contributed by atoms with E-state index in [1.165, 1.54) is 5.70 Å². The molecule has 0 fully saturated rings. The number of hydrogen-bond acceptors (Lipinski definition) is 3. The number of hydrogen-bond donors (Lipinski definition) is 2. The van der Waals surface area contributed by atoms with Crippen molar-refractivity contribution in [3.63, 3.8) is 0 Å². The van der Waals surface area contributed by atoms with Crippen molar-refractivity contribution in [1.29, 1.82) is 0 Å². The summed E-state index contributed by atoms with van der Waals surface area (Å²) in [6.45, 7) is 8.21. The van der Waals surface area contributed by atoms with E-state index in [4.69, 9.17) is 4.12 Å². The van der Waals surface area contributed by atoms with Crippen molar-refractivity contribution in [1.82, 2.24) is 0 Å². The largest absolute Gasteiger partial charge is 0.412 e. The number of rotatable bonds is 3. The lowest BCUT2D eigenvalue weighted by Crippen LogP contribution is -2.45. The predicted octanol–water partition coefficient (Wildman–Crippen LogP) is 0.487. The molecule has 60 valence electrons. The van der Waals surface area contributed by atoms with E-state index in [1.807, 2.05) is 0 Å². The van der Waals surface area contributed by atoms with Crippen molar-refractivity contribution in [2.45, 2.75) is 19.6 Å². The quantitative estimate of drug-likeness (QED) is 0.618.